The summed E-state index contributed by atoms with van der Waals surface area (Å²) in [5.74, 6) is 0. The van der Waals surface area contributed by atoms with Crippen molar-refractivity contribution in [1.82, 2.24) is 36.9 Å². The van der Waals surface area contributed by atoms with Gasteiger partial charge in [-0.15, -0.1) is 0 Å². The predicted octanol–water partition coefficient (Wildman–Crippen LogP) is -5.02. The van der Waals surface area contributed by atoms with Gasteiger partial charge in [0.05, 0.1) is 23.5 Å². The van der Waals surface area contributed by atoms with Crippen molar-refractivity contribution in [3.05, 3.63) is 0 Å². The zero-order chi connectivity index (χ0) is 19.1. The lowest BCUT2D eigenvalue weighted by atomic mass is 9.85. The Labute approximate surface area is 170 Å². The van der Waals surface area contributed by atoms with Gasteiger partial charge in [-0.05, 0) is 0 Å². The Morgan fingerprint density at radius 3 is 0.933 bits per heavy atom. The molecule has 0 heterocycles. The normalized spacial score (nSPS) is 28.7. The second kappa shape index (κ2) is 14.9. The monoisotopic (exact) mass is 522 g/mol. The van der Waals surface area contributed by atoms with Gasteiger partial charge in [-0.25, -0.2) is 0 Å². The lowest BCUT2D eigenvalue weighted by molar-refractivity contribution is -0.371. The number of phosphoric acid groups is 3. The maximum absolute atomic E-state index is 10.6. The van der Waals surface area contributed by atoms with Crippen LogP contribution in [0, 0.1) is 0 Å². The minimum absolute atomic E-state index is 0. The molecule has 21 nitrogen and oxygen atoms in total. The molecule has 1 rings (SSSR count). The van der Waals surface area contributed by atoms with E-state index in [9.17, 15) is 58.4 Å². The summed E-state index contributed by atoms with van der Waals surface area (Å²) in [5, 5.41) is 28.9. The zero-order valence-electron chi connectivity index (χ0n) is 17.0. The van der Waals surface area contributed by atoms with E-state index in [2.05, 4.69) is 13.6 Å². The lowest BCUT2D eigenvalue weighted by Crippen LogP contribution is -2.66. The van der Waals surface area contributed by atoms with Crippen LogP contribution in [-0.4, -0.2) is 51.9 Å². The summed E-state index contributed by atoms with van der Waals surface area (Å²) in [6.45, 7) is 0. The molecule has 192 valence electrons. The molecule has 0 radical (unpaired) electrons. The van der Waals surface area contributed by atoms with E-state index >= 15 is 0 Å². The van der Waals surface area contributed by atoms with E-state index in [1.165, 1.54) is 0 Å². The summed E-state index contributed by atoms with van der Waals surface area (Å²) in [6, 6.07) is 0. The first-order chi connectivity index (χ1) is 10.5. The van der Waals surface area contributed by atoms with Gasteiger partial charge < -0.3 is 109 Å². The number of aliphatic hydroxyl groups is 3. The Hall–Kier alpha value is -0.0300. The van der Waals surface area contributed by atoms with Gasteiger partial charge in [-0.1, -0.05) is 0 Å². The van der Waals surface area contributed by atoms with E-state index < -0.39 is 60.1 Å². The Morgan fingerprint density at radius 2 is 0.667 bits per heavy atom. The molecule has 0 aromatic carbocycles. The van der Waals surface area contributed by atoms with E-state index in [4.69, 9.17) is 0 Å². The smallest absolute Gasteiger partial charge is 0.120 e. The van der Waals surface area contributed by atoms with E-state index in [1.807, 2.05) is 0 Å². The van der Waals surface area contributed by atoms with Crippen LogP contribution in [0.15, 0.2) is 0 Å². The number of hydrogen-bond acceptors (Lipinski definition) is 15. The highest BCUT2D eigenvalue weighted by atomic mass is 31.2. The highest BCUT2D eigenvalue weighted by Gasteiger charge is 2.52. The number of hydrogen-bond donors (Lipinski definition) is 9. The molecule has 0 aromatic rings. The van der Waals surface area contributed by atoms with Crippen molar-refractivity contribution in [2.45, 2.75) is 36.6 Å². The number of quaternary nitrogens is 6. The van der Waals surface area contributed by atoms with Gasteiger partial charge in [0.25, 0.3) is 0 Å². The first-order valence-corrected chi connectivity index (χ1v) is 10.1. The summed E-state index contributed by atoms with van der Waals surface area (Å²) >= 11 is 0. The molecule has 0 spiro atoms. The van der Waals surface area contributed by atoms with Crippen molar-refractivity contribution < 1.29 is 71.9 Å². The SMILES string of the molecule is O=P([O-])([O-])O[C@@H]1[C@@H](O)[C@H](OP(=O)([O-])[O-])[C@@H](OP(=O)([O-])[O-])[C@H](O)[C@@H]1O.[NH4+].[NH4+].[NH4+].[NH4+].[NH4+].[NH4+]. The summed E-state index contributed by atoms with van der Waals surface area (Å²) in [6.07, 6.45) is -15.7. The zero-order valence-corrected chi connectivity index (χ0v) is 19.7. The average Bonchev–Trinajstić information content (AvgIpc) is 2.32. The molecule has 0 aliphatic heterocycles. The molecule has 1 fully saturated rings. The Balaban J connectivity index is -0.000000240. The molecule has 0 amide bonds. The summed E-state index contributed by atoms with van der Waals surface area (Å²) < 4.78 is 43.0. The van der Waals surface area contributed by atoms with Crippen LogP contribution < -0.4 is 66.3 Å². The van der Waals surface area contributed by atoms with Crippen molar-refractivity contribution >= 4 is 23.5 Å². The molecule has 30 heavy (non-hydrogen) atoms. The third kappa shape index (κ3) is 13.4. The summed E-state index contributed by atoms with van der Waals surface area (Å²) in [7, 11) is -17.9. The second-order valence-electron chi connectivity index (χ2n) is 4.52. The fourth-order valence-electron chi connectivity index (χ4n) is 1.98. The van der Waals surface area contributed by atoms with E-state index in [0.29, 0.717) is 0 Å². The van der Waals surface area contributed by atoms with Crippen molar-refractivity contribution in [3.8, 4) is 0 Å². The number of phosphoric ester groups is 3. The Bertz CT molecular complexity index is 595. The van der Waals surface area contributed by atoms with Crippen LogP contribution in [0.1, 0.15) is 0 Å². The standard InChI is InChI=1S/C6H15O15P3.6H3N/c7-1-2(8)5(20-23(13,14)15)6(21-24(16,17)18)3(9)4(1)19-22(10,11)12;;;;;;/h1-9H,(H2,10,11,12)(H2,13,14,15)(H2,16,17,18);6*1H3/t1-,2+,3+,4-,5-,6-;;;;;;/m0....../s1. The second-order valence-corrected chi connectivity index (χ2v) is 7.84. The molecule has 6 atom stereocenters. The highest BCUT2D eigenvalue weighted by Crippen LogP contribution is 2.43. The Kier molecular flexibility index (Phi) is 21.8. The third-order valence-corrected chi connectivity index (χ3v) is 4.28. The number of aliphatic hydroxyl groups excluding tert-OH is 3. The minimum atomic E-state index is -6.01. The summed E-state index contributed by atoms with van der Waals surface area (Å²) in [4.78, 5) is 63.6. The number of rotatable bonds is 6. The maximum Gasteiger partial charge on any atom is 0.120 e. The predicted molar refractivity (Wildman–Crippen MR) is 91.4 cm³/mol. The highest BCUT2D eigenvalue weighted by molar-refractivity contribution is 7.43. The van der Waals surface area contributed by atoms with Gasteiger partial charge in [0.2, 0.25) is 0 Å². The van der Waals surface area contributed by atoms with Gasteiger partial charge in [0.15, 0.2) is 0 Å². The molecule has 0 unspecified atom stereocenters. The molecule has 1 aliphatic rings. The fourth-order valence-corrected chi connectivity index (χ4v) is 3.62. The van der Waals surface area contributed by atoms with E-state index in [0.717, 1.165) is 0 Å². The molecule has 27 N–H and O–H groups in total. The fraction of sp³-hybridized carbons (Fsp3) is 1.00. The van der Waals surface area contributed by atoms with Gasteiger partial charge in [0, 0.05) is 0 Å². The maximum atomic E-state index is 10.6. The molecule has 24 heteroatoms. The Morgan fingerprint density at radius 1 is 0.467 bits per heavy atom. The van der Waals surface area contributed by atoms with Gasteiger partial charge in [0.1, 0.15) is 36.6 Å². The van der Waals surface area contributed by atoms with Crippen LogP contribution in [0.2, 0.25) is 0 Å². The van der Waals surface area contributed by atoms with Crippen LogP contribution in [-0.2, 0) is 27.3 Å². The lowest BCUT2D eigenvalue weighted by Gasteiger charge is -2.51. The molecule has 1 saturated carbocycles. The van der Waals surface area contributed by atoms with Crippen molar-refractivity contribution in [2.75, 3.05) is 0 Å². The topological polar surface area (TPSA) is 497 Å². The van der Waals surface area contributed by atoms with Crippen LogP contribution >= 0.6 is 23.5 Å². The molecular weight excluding hydrogens is 489 g/mol. The third-order valence-electron chi connectivity index (χ3n) is 2.77. The van der Waals surface area contributed by atoms with Crippen LogP contribution in [0.4, 0.5) is 0 Å². The first kappa shape index (κ1) is 43.8. The van der Waals surface area contributed by atoms with Gasteiger partial charge in [-0.3, -0.25) is 0 Å². The van der Waals surface area contributed by atoms with Crippen molar-refractivity contribution in [1.29, 1.82) is 0 Å². The van der Waals surface area contributed by atoms with Crippen LogP contribution in [0.5, 0.6) is 0 Å². The van der Waals surface area contributed by atoms with Gasteiger partial charge >= 0.3 is 0 Å². The van der Waals surface area contributed by atoms with Crippen LogP contribution in [0.25, 0.3) is 0 Å². The van der Waals surface area contributed by atoms with Gasteiger partial charge in [-0.2, -0.15) is 0 Å². The molecule has 0 aromatic heterocycles. The van der Waals surface area contributed by atoms with Crippen molar-refractivity contribution in [3.63, 3.8) is 0 Å². The molecule has 1 aliphatic carbocycles. The quantitative estimate of drug-likeness (QED) is 0.147. The molecule has 0 bridgehead atoms. The molecule has 0 saturated heterocycles. The van der Waals surface area contributed by atoms with E-state index in [1.54, 1.807) is 0 Å². The minimum Gasteiger partial charge on any atom is -0.790 e. The van der Waals surface area contributed by atoms with E-state index in [-0.39, 0.29) is 36.9 Å². The van der Waals surface area contributed by atoms with Crippen molar-refractivity contribution in [2.24, 2.45) is 0 Å². The van der Waals surface area contributed by atoms with Crippen LogP contribution in [0.3, 0.4) is 0 Å². The largest absolute Gasteiger partial charge is 0.790 e. The first-order valence-electron chi connectivity index (χ1n) is 5.67. The summed E-state index contributed by atoms with van der Waals surface area (Å²) in [5.41, 5.74) is 0. The average molecular weight is 522 g/mol. The molecular formula is C6H33N6O15P3.